The second-order valence-corrected chi connectivity index (χ2v) is 3.95. The quantitative estimate of drug-likeness (QED) is 0.678. The van der Waals surface area contributed by atoms with Crippen molar-refractivity contribution in [3.8, 4) is 0 Å². The number of oxazole rings is 1. The minimum Gasteiger partial charge on any atom is -0.438 e. The molecular formula is C8H10N2O2S. The third-order valence-corrected chi connectivity index (χ3v) is 2.95. The molecule has 1 aliphatic heterocycles. The first-order chi connectivity index (χ1) is 6.29. The van der Waals surface area contributed by atoms with Gasteiger partial charge in [-0.3, -0.25) is 4.79 Å². The fraction of sp³-hybridized carbons (Fsp3) is 0.500. The van der Waals surface area contributed by atoms with Gasteiger partial charge in [0.25, 0.3) is 5.91 Å². The first-order valence-corrected chi connectivity index (χ1v) is 5.21. The smallest absolute Gasteiger partial charge is 0.292 e. The third kappa shape index (κ3) is 1.56. The summed E-state index contributed by atoms with van der Waals surface area (Å²) in [7, 11) is 0. The van der Waals surface area contributed by atoms with E-state index < -0.39 is 0 Å². The lowest BCUT2D eigenvalue weighted by atomic mass is 10.3. The summed E-state index contributed by atoms with van der Waals surface area (Å²) in [6.07, 6.45) is 1.31. The number of rotatable bonds is 1. The summed E-state index contributed by atoms with van der Waals surface area (Å²) in [4.78, 5) is 17.4. The number of nitrogens with zero attached hydrogens (tertiary/aromatic N) is 2. The van der Waals surface area contributed by atoms with Crippen LogP contribution in [0.3, 0.4) is 0 Å². The third-order valence-electron chi connectivity index (χ3n) is 1.98. The zero-order chi connectivity index (χ0) is 9.26. The monoisotopic (exact) mass is 198 g/mol. The molecule has 5 heteroatoms. The highest BCUT2D eigenvalue weighted by Crippen LogP contribution is 2.17. The molecule has 1 aromatic heterocycles. The van der Waals surface area contributed by atoms with Gasteiger partial charge in [-0.05, 0) is 6.92 Å². The summed E-state index contributed by atoms with van der Waals surface area (Å²) < 4.78 is 5.03. The lowest BCUT2D eigenvalue weighted by molar-refractivity contribution is 0.0770. The van der Waals surface area contributed by atoms with E-state index in [0.717, 1.165) is 18.2 Å². The normalized spacial score (nSPS) is 16.5. The van der Waals surface area contributed by atoms with Crippen molar-refractivity contribution in [3.05, 3.63) is 17.8 Å². The average Bonchev–Trinajstić information content (AvgIpc) is 2.72. The molecule has 0 bridgehead atoms. The van der Waals surface area contributed by atoms with Crippen LogP contribution in [-0.4, -0.2) is 34.0 Å². The number of hydrogen-bond acceptors (Lipinski definition) is 4. The van der Waals surface area contributed by atoms with Crippen LogP contribution in [0.25, 0.3) is 0 Å². The zero-order valence-electron chi connectivity index (χ0n) is 7.32. The number of carbonyl (C=O) groups excluding carboxylic acids is 1. The van der Waals surface area contributed by atoms with Crippen LogP contribution in [0, 0.1) is 6.92 Å². The van der Waals surface area contributed by atoms with Gasteiger partial charge in [0.05, 0.1) is 11.6 Å². The van der Waals surface area contributed by atoms with Crippen molar-refractivity contribution >= 4 is 17.7 Å². The SMILES string of the molecule is Cc1ncoc1C(=O)N1CCSC1. The first-order valence-electron chi connectivity index (χ1n) is 4.06. The van der Waals surface area contributed by atoms with E-state index in [4.69, 9.17) is 4.42 Å². The predicted octanol–water partition coefficient (Wildman–Crippen LogP) is 1.13. The molecule has 0 radical (unpaired) electrons. The van der Waals surface area contributed by atoms with Gasteiger partial charge in [-0.2, -0.15) is 0 Å². The van der Waals surface area contributed by atoms with E-state index in [1.165, 1.54) is 6.39 Å². The number of amides is 1. The second-order valence-electron chi connectivity index (χ2n) is 2.87. The van der Waals surface area contributed by atoms with Gasteiger partial charge in [-0.15, -0.1) is 11.8 Å². The molecule has 0 N–H and O–H groups in total. The van der Waals surface area contributed by atoms with Crippen molar-refractivity contribution in [1.82, 2.24) is 9.88 Å². The van der Waals surface area contributed by atoms with Gasteiger partial charge in [0.15, 0.2) is 6.39 Å². The summed E-state index contributed by atoms with van der Waals surface area (Å²) >= 11 is 1.76. The summed E-state index contributed by atoms with van der Waals surface area (Å²) in [5.74, 6) is 2.11. The Morgan fingerprint density at radius 3 is 3.15 bits per heavy atom. The predicted molar refractivity (Wildman–Crippen MR) is 49.6 cm³/mol. The van der Waals surface area contributed by atoms with Crippen molar-refractivity contribution < 1.29 is 9.21 Å². The Bertz CT molecular complexity index is 318. The van der Waals surface area contributed by atoms with E-state index >= 15 is 0 Å². The van der Waals surface area contributed by atoms with Crippen LogP contribution < -0.4 is 0 Å². The second kappa shape index (κ2) is 3.41. The maximum Gasteiger partial charge on any atom is 0.292 e. The Morgan fingerprint density at radius 2 is 2.62 bits per heavy atom. The molecule has 2 heterocycles. The van der Waals surface area contributed by atoms with E-state index in [9.17, 15) is 4.79 Å². The van der Waals surface area contributed by atoms with Gasteiger partial charge in [-0.25, -0.2) is 4.98 Å². The van der Waals surface area contributed by atoms with Crippen molar-refractivity contribution in [2.75, 3.05) is 18.2 Å². The Balaban J connectivity index is 2.17. The van der Waals surface area contributed by atoms with E-state index in [0.29, 0.717) is 11.5 Å². The average molecular weight is 198 g/mol. The lowest BCUT2D eigenvalue weighted by Gasteiger charge is -2.11. The lowest BCUT2D eigenvalue weighted by Crippen LogP contribution is -2.27. The number of carbonyl (C=O) groups is 1. The topological polar surface area (TPSA) is 46.3 Å². The van der Waals surface area contributed by atoms with E-state index in [2.05, 4.69) is 4.98 Å². The van der Waals surface area contributed by atoms with Crippen LogP contribution in [0.15, 0.2) is 10.8 Å². The highest BCUT2D eigenvalue weighted by molar-refractivity contribution is 7.99. The minimum absolute atomic E-state index is 0.0417. The maximum absolute atomic E-state index is 11.7. The van der Waals surface area contributed by atoms with Crippen molar-refractivity contribution in [1.29, 1.82) is 0 Å². The first kappa shape index (κ1) is 8.62. The molecule has 70 valence electrons. The molecule has 4 nitrogen and oxygen atoms in total. The molecule has 0 saturated carbocycles. The number of aryl methyl sites for hydroxylation is 1. The number of thioether (sulfide) groups is 1. The van der Waals surface area contributed by atoms with Crippen LogP contribution in [0.1, 0.15) is 16.2 Å². The van der Waals surface area contributed by atoms with Gasteiger partial charge in [0.2, 0.25) is 5.76 Å². The molecule has 1 aromatic rings. The summed E-state index contributed by atoms with van der Waals surface area (Å²) in [6, 6.07) is 0. The van der Waals surface area contributed by atoms with Crippen molar-refractivity contribution in [3.63, 3.8) is 0 Å². The number of aromatic nitrogens is 1. The molecule has 13 heavy (non-hydrogen) atoms. The molecule has 0 aliphatic carbocycles. The molecular weight excluding hydrogens is 188 g/mol. The number of hydrogen-bond donors (Lipinski definition) is 0. The van der Waals surface area contributed by atoms with E-state index in [-0.39, 0.29) is 5.91 Å². The van der Waals surface area contributed by atoms with Crippen LogP contribution >= 0.6 is 11.8 Å². The van der Waals surface area contributed by atoms with Gasteiger partial charge in [-0.1, -0.05) is 0 Å². The Hall–Kier alpha value is -0.970. The van der Waals surface area contributed by atoms with Crippen molar-refractivity contribution in [2.24, 2.45) is 0 Å². The van der Waals surface area contributed by atoms with E-state index in [1.54, 1.807) is 23.6 Å². The van der Waals surface area contributed by atoms with Crippen LogP contribution in [0.5, 0.6) is 0 Å². The molecule has 0 unspecified atom stereocenters. The zero-order valence-corrected chi connectivity index (χ0v) is 8.13. The summed E-state index contributed by atoms with van der Waals surface area (Å²) in [5.41, 5.74) is 0.668. The van der Waals surface area contributed by atoms with Crippen LogP contribution in [0.2, 0.25) is 0 Å². The maximum atomic E-state index is 11.7. The fourth-order valence-electron chi connectivity index (χ4n) is 1.22. The largest absolute Gasteiger partial charge is 0.438 e. The Labute approximate surface area is 80.3 Å². The molecule has 1 fully saturated rings. The van der Waals surface area contributed by atoms with Gasteiger partial charge >= 0.3 is 0 Å². The molecule has 2 rings (SSSR count). The molecule has 0 atom stereocenters. The molecule has 1 aliphatic rings. The van der Waals surface area contributed by atoms with Gasteiger partial charge in [0, 0.05) is 12.3 Å². The highest BCUT2D eigenvalue weighted by Gasteiger charge is 2.23. The molecule has 0 aromatic carbocycles. The van der Waals surface area contributed by atoms with Crippen LogP contribution in [-0.2, 0) is 0 Å². The van der Waals surface area contributed by atoms with Crippen molar-refractivity contribution in [2.45, 2.75) is 6.92 Å². The van der Waals surface area contributed by atoms with Gasteiger partial charge < -0.3 is 9.32 Å². The van der Waals surface area contributed by atoms with Gasteiger partial charge in [0.1, 0.15) is 0 Å². The highest BCUT2D eigenvalue weighted by atomic mass is 32.2. The minimum atomic E-state index is -0.0417. The summed E-state index contributed by atoms with van der Waals surface area (Å²) in [5, 5.41) is 0. The Morgan fingerprint density at radius 1 is 1.77 bits per heavy atom. The fourth-order valence-corrected chi connectivity index (χ4v) is 2.17. The molecule has 1 saturated heterocycles. The molecule has 1 amide bonds. The Kier molecular flexibility index (Phi) is 2.26. The standard InChI is InChI=1S/C8H10N2O2S/c1-6-7(12-4-9-6)8(11)10-2-3-13-5-10/h4H,2-3,5H2,1H3. The molecule has 0 spiro atoms. The summed E-state index contributed by atoms with van der Waals surface area (Å²) in [6.45, 7) is 2.59. The van der Waals surface area contributed by atoms with E-state index in [1.807, 2.05) is 0 Å². The van der Waals surface area contributed by atoms with Crippen LogP contribution in [0.4, 0.5) is 0 Å².